The van der Waals surface area contributed by atoms with Crippen LogP contribution in [0.4, 0.5) is 5.69 Å². The SMILES string of the molecule is COc1cccc(/C=C/C2=[N+](CCCS(=O)(=O)O)c3ccc(C)cc3C2(C)C)c1O. The molecule has 160 valence electrons. The van der Waals surface area contributed by atoms with Gasteiger partial charge in [-0.05, 0) is 39.0 Å². The maximum atomic E-state index is 11.2. The Bertz CT molecular complexity index is 1130. The Hall–Kier alpha value is -2.64. The number of hydrogen-bond acceptors (Lipinski definition) is 4. The van der Waals surface area contributed by atoms with E-state index in [1.54, 1.807) is 12.1 Å². The van der Waals surface area contributed by atoms with Crippen molar-refractivity contribution in [2.24, 2.45) is 0 Å². The summed E-state index contributed by atoms with van der Waals surface area (Å²) in [5.41, 5.74) is 4.63. The number of aryl methyl sites for hydroxylation is 1. The van der Waals surface area contributed by atoms with Crippen molar-refractivity contribution in [3.63, 3.8) is 0 Å². The first-order valence-electron chi connectivity index (χ1n) is 9.80. The molecule has 1 aliphatic heterocycles. The van der Waals surface area contributed by atoms with Crippen molar-refractivity contribution >= 4 is 27.6 Å². The summed E-state index contributed by atoms with van der Waals surface area (Å²) in [6, 6.07) is 11.5. The molecule has 1 aliphatic rings. The Kier molecular flexibility index (Phi) is 6.06. The molecule has 0 amide bonds. The highest BCUT2D eigenvalue weighted by Crippen LogP contribution is 2.41. The van der Waals surface area contributed by atoms with Gasteiger partial charge in [0.1, 0.15) is 6.54 Å². The molecule has 0 unspecified atom stereocenters. The minimum absolute atomic E-state index is 0.0685. The maximum absolute atomic E-state index is 11.2. The van der Waals surface area contributed by atoms with Gasteiger partial charge >= 0.3 is 0 Å². The van der Waals surface area contributed by atoms with Crippen molar-refractivity contribution in [3.8, 4) is 11.5 Å². The van der Waals surface area contributed by atoms with Crippen LogP contribution in [0, 0.1) is 6.92 Å². The number of phenols is 1. The van der Waals surface area contributed by atoms with Gasteiger partial charge in [0, 0.05) is 29.7 Å². The predicted octanol–water partition coefficient (Wildman–Crippen LogP) is 4.08. The van der Waals surface area contributed by atoms with Crippen molar-refractivity contribution in [1.29, 1.82) is 0 Å². The average Bonchev–Trinajstić information content (AvgIpc) is 2.86. The van der Waals surface area contributed by atoms with E-state index in [2.05, 4.69) is 24.5 Å². The van der Waals surface area contributed by atoms with E-state index in [4.69, 9.17) is 9.29 Å². The zero-order chi connectivity index (χ0) is 22.1. The summed E-state index contributed by atoms with van der Waals surface area (Å²) in [5.74, 6) is 0.175. The predicted molar refractivity (Wildman–Crippen MR) is 119 cm³/mol. The second kappa shape index (κ2) is 8.24. The quantitative estimate of drug-likeness (QED) is 0.511. The minimum atomic E-state index is -4.02. The molecule has 0 fully saturated rings. The van der Waals surface area contributed by atoms with E-state index in [-0.39, 0.29) is 16.9 Å². The van der Waals surface area contributed by atoms with Crippen molar-refractivity contribution in [2.75, 3.05) is 19.4 Å². The number of para-hydroxylation sites is 1. The summed E-state index contributed by atoms with van der Waals surface area (Å²) >= 11 is 0. The van der Waals surface area contributed by atoms with Gasteiger partial charge in [0.15, 0.2) is 17.2 Å². The molecule has 3 rings (SSSR count). The van der Waals surface area contributed by atoms with Crippen molar-refractivity contribution in [1.82, 2.24) is 0 Å². The van der Waals surface area contributed by atoms with E-state index in [1.807, 2.05) is 37.3 Å². The molecule has 0 bridgehead atoms. The smallest absolute Gasteiger partial charge is 0.265 e. The van der Waals surface area contributed by atoms with E-state index in [0.717, 1.165) is 22.5 Å². The highest BCUT2D eigenvalue weighted by Gasteiger charge is 2.44. The van der Waals surface area contributed by atoms with Crippen LogP contribution >= 0.6 is 0 Å². The zero-order valence-corrected chi connectivity index (χ0v) is 18.5. The summed E-state index contributed by atoms with van der Waals surface area (Å²) < 4.78 is 38.8. The van der Waals surface area contributed by atoms with Crippen molar-refractivity contribution in [3.05, 3.63) is 59.2 Å². The minimum Gasteiger partial charge on any atom is -0.504 e. The monoisotopic (exact) mass is 430 g/mol. The molecular formula is C23H28NO5S+. The summed E-state index contributed by atoms with van der Waals surface area (Å²) in [4.78, 5) is 0. The lowest BCUT2D eigenvalue weighted by Crippen LogP contribution is -2.28. The number of methoxy groups -OCH3 is 1. The number of ether oxygens (including phenoxy) is 1. The molecule has 0 atom stereocenters. The highest BCUT2D eigenvalue weighted by atomic mass is 32.2. The van der Waals surface area contributed by atoms with Crippen LogP contribution in [0.5, 0.6) is 11.5 Å². The maximum Gasteiger partial charge on any atom is 0.265 e. The van der Waals surface area contributed by atoms with E-state index < -0.39 is 10.1 Å². The van der Waals surface area contributed by atoms with E-state index >= 15 is 0 Å². The number of allylic oxidation sites excluding steroid dienone is 1. The number of fused-ring (bicyclic) bond motifs is 1. The van der Waals surface area contributed by atoms with Crippen LogP contribution in [-0.4, -0.2) is 47.8 Å². The van der Waals surface area contributed by atoms with Crippen LogP contribution in [0.25, 0.3) is 6.08 Å². The largest absolute Gasteiger partial charge is 0.504 e. The van der Waals surface area contributed by atoms with Gasteiger partial charge in [0.25, 0.3) is 10.1 Å². The Morgan fingerprint density at radius 1 is 1.17 bits per heavy atom. The molecule has 0 aliphatic carbocycles. The van der Waals surface area contributed by atoms with Crippen LogP contribution in [0.1, 0.15) is 37.0 Å². The Morgan fingerprint density at radius 3 is 2.57 bits per heavy atom. The molecule has 0 saturated heterocycles. The van der Waals surface area contributed by atoms with Gasteiger partial charge in [-0.25, -0.2) is 0 Å². The molecule has 2 aromatic carbocycles. The standard InChI is InChI=1S/C23H27NO5S/c1-16-9-11-19-18(15-16)23(2,3)21(24(19)13-6-14-30(26,27)28)12-10-17-7-5-8-20(29-4)22(17)25/h5,7-12,15H,6,13-14H2,1-4H3,(H,26,27,28)/p+1. The normalized spacial score (nSPS) is 15.6. The van der Waals surface area contributed by atoms with E-state index in [0.29, 0.717) is 24.3 Å². The molecule has 2 aromatic rings. The van der Waals surface area contributed by atoms with Gasteiger partial charge in [-0.2, -0.15) is 13.0 Å². The first-order valence-corrected chi connectivity index (χ1v) is 11.4. The number of phenolic OH excluding ortho intramolecular Hbond substituents is 1. The fraction of sp³-hybridized carbons (Fsp3) is 0.348. The number of rotatable bonds is 7. The lowest BCUT2D eigenvalue weighted by Gasteiger charge is -2.16. The van der Waals surface area contributed by atoms with Gasteiger partial charge in [-0.1, -0.05) is 23.8 Å². The average molecular weight is 431 g/mol. The summed E-state index contributed by atoms with van der Waals surface area (Å²) in [5, 5.41) is 10.4. The van der Waals surface area contributed by atoms with Crippen molar-refractivity contribution < 1.29 is 27.4 Å². The number of nitrogens with zero attached hydrogens (tertiary/aromatic N) is 1. The summed E-state index contributed by atoms with van der Waals surface area (Å²) in [7, 11) is -2.51. The topological polar surface area (TPSA) is 86.8 Å². The number of hydrogen-bond donors (Lipinski definition) is 2. The molecule has 7 heteroatoms. The molecule has 0 saturated carbocycles. The summed E-state index contributed by atoms with van der Waals surface area (Å²) in [6.45, 7) is 6.74. The molecule has 2 N–H and O–H groups in total. The van der Waals surface area contributed by atoms with E-state index in [9.17, 15) is 13.5 Å². The lowest BCUT2D eigenvalue weighted by molar-refractivity contribution is -0.437. The van der Waals surface area contributed by atoms with Crippen LogP contribution < -0.4 is 4.74 Å². The van der Waals surface area contributed by atoms with Crippen molar-refractivity contribution in [2.45, 2.75) is 32.6 Å². The molecule has 0 spiro atoms. The number of aromatic hydroxyl groups is 1. The Labute approximate surface area is 177 Å². The summed E-state index contributed by atoms with van der Waals surface area (Å²) in [6.07, 6.45) is 4.09. The third-order valence-electron chi connectivity index (χ3n) is 5.50. The second-order valence-corrected chi connectivity index (χ2v) is 9.63. The molecule has 6 nitrogen and oxygen atoms in total. The Balaban J connectivity index is 2.05. The Morgan fingerprint density at radius 2 is 1.90 bits per heavy atom. The van der Waals surface area contributed by atoms with Gasteiger partial charge in [0.05, 0.1) is 18.3 Å². The highest BCUT2D eigenvalue weighted by molar-refractivity contribution is 7.85. The fourth-order valence-electron chi connectivity index (χ4n) is 3.94. The molecular weight excluding hydrogens is 402 g/mol. The lowest BCUT2D eigenvalue weighted by atomic mass is 9.81. The van der Waals surface area contributed by atoms with Gasteiger partial charge < -0.3 is 9.84 Å². The first kappa shape index (κ1) is 22.1. The van der Waals surface area contributed by atoms with Crippen LogP contribution in [0.3, 0.4) is 0 Å². The van der Waals surface area contributed by atoms with Gasteiger partial charge in [-0.15, -0.1) is 0 Å². The van der Waals surface area contributed by atoms with Crippen LogP contribution in [0.2, 0.25) is 0 Å². The third-order valence-corrected chi connectivity index (χ3v) is 6.31. The molecule has 0 radical (unpaired) electrons. The molecule has 1 heterocycles. The van der Waals surface area contributed by atoms with Gasteiger partial charge in [-0.3, -0.25) is 4.55 Å². The van der Waals surface area contributed by atoms with Gasteiger partial charge in [0.2, 0.25) is 5.69 Å². The second-order valence-electron chi connectivity index (χ2n) is 8.05. The van der Waals surface area contributed by atoms with Crippen LogP contribution in [0.15, 0.2) is 42.5 Å². The number of benzene rings is 2. The fourth-order valence-corrected chi connectivity index (χ4v) is 4.44. The zero-order valence-electron chi connectivity index (χ0n) is 17.7. The van der Waals surface area contributed by atoms with E-state index in [1.165, 1.54) is 7.11 Å². The third kappa shape index (κ3) is 4.42. The molecule has 30 heavy (non-hydrogen) atoms. The van der Waals surface area contributed by atoms with Crippen LogP contribution in [-0.2, 0) is 15.5 Å². The first-order chi connectivity index (χ1) is 14.0. The molecule has 0 aromatic heterocycles.